The van der Waals surface area contributed by atoms with Gasteiger partial charge in [-0.25, -0.2) is 0 Å². The molecule has 1 amide bonds. The maximum absolute atomic E-state index is 12.4. The molecule has 0 spiro atoms. The largest absolute Gasteiger partial charge is 0.497 e. The standard InChI is InChI=1S/C22H25N2O6P/c1-27-20-11-6-17(7-12-20)22-18(14-23-30-22)8-13-21(25)24-19-9-4-16(5-10-19)15-31(26,28-2)29-3/h4-7,9-12,14H,8,13,15H2,1-3H3,(H,24,25). The third-order valence-electron chi connectivity index (χ3n) is 4.79. The molecule has 2 aromatic carbocycles. The molecular formula is C22H25N2O6P. The number of anilines is 1. The SMILES string of the molecule is COc1ccc(-c2oncc2CCC(=O)Nc2ccc(CP(=O)(OC)OC)cc2)cc1. The van der Waals surface area contributed by atoms with E-state index in [2.05, 4.69) is 10.5 Å². The topological polar surface area (TPSA) is 99.9 Å². The lowest BCUT2D eigenvalue weighted by Gasteiger charge is -2.13. The number of carbonyl (C=O) groups excluding carboxylic acids is 1. The molecule has 0 aliphatic heterocycles. The van der Waals surface area contributed by atoms with Gasteiger partial charge in [0.1, 0.15) is 5.75 Å². The minimum Gasteiger partial charge on any atom is -0.497 e. The first kappa shape index (κ1) is 22.7. The second-order valence-corrected chi connectivity index (χ2v) is 9.06. The zero-order chi connectivity index (χ0) is 22.3. The molecule has 31 heavy (non-hydrogen) atoms. The van der Waals surface area contributed by atoms with Gasteiger partial charge in [0.05, 0.1) is 19.5 Å². The third kappa shape index (κ3) is 6.04. The summed E-state index contributed by atoms with van der Waals surface area (Å²) in [7, 11) is 1.19. The highest BCUT2D eigenvalue weighted by Crippen LogP contribution is 2.49. The van der Waals surface area contributed by atoms with E-state index < -0.39 is 7.60 Å². The van der Waals surface area contributed by atoms with Crippen LogP contribution in [0.5, 0.6) is 5.75 Å². The number of carbonyl (C=O) groups is 1. The quantitative estimate of drug-likeness (QED) is 0.444. The molecule has 3 rings (SSSR count). The lowest BCUT2D eigenvalue weighted by atomic mass is 10.1. The van der Waals surface area contributed by atoms with E-state index in [1.54, 1.807) is 37.6 Å². The fraction of sp³-hybridized carbons (Fsp3) is 0.273. The van der Waals surface area contributed by atoms with E-state index >= 15 is 0 Å². The molecule has 9 heteroatoms. The van der Waals surface area contributed by atoms with Crippen molar-refractivity contribution in [3.8, 4) is 17.1 Å². The summed E-state index contributed by atoms with van der Waals surface area (Å²) in [5, 5.41) is 6.73. The van der Waals surface area contributed by atoms with Crippen LogP contribution in [-0.4, -0.2) is 32.4 Å². The Morgan fingerprint density at radius 1 is 1.03 bits per heavy atom. The average Bonchev–Trinajstić information content (AvgIpc) is 3.27. The smallest absolute Gasteiger partial charge is 0.334 e. The first-order chi connectivity index (χ1) is 15.0. The monoisotopic (exact) mass is 444 g/mol. The van der Waals surface area contributed by atoms with Crippen molar-refractivity contribution in [1.29, 1.82) is 0 Å². The van der Waals surface area contributed by atoms with Gasteiger partial charge in [0.25, 0.3) is 0 Å². The van der Waals surface area contributed by atoms with Gasteiger partial charge in [-0.3, -0.25) is 9.36 Å². The fourth-order valence-corrected chi connectivity index (χ4v) is 4.08. The van der Waals surface area contributed by atoms with Crippen molar-refractivity contribution < 1.29 is 27.7 Å². The van der Waals surface area contributed by atoms with Crippen LogP contribution in [-0.2, 0) is 31.0 Å². The molecule has 0 unspecified atom stereocenters. The minimum atomic E-state index is -3.13. The molecule has 3 aromatic rings. The van der Waals surface area contributed by atoms with Crippen LogP contribution in [0.3, 0.4) is 0 Å². The van der Waals surface area contributed by atoms with Crippen LogP contribution in [0.2, 0.25) is 0 Å². The molecule has 0 radical (unpaired) electrons. The number of ether oxygens (including phenoxy) is 1. The van der Waals surface area contributed by atoms with Crippen molar-refractivity contribution in [2.24, 2.45) is 0 Å². The van der Waals surface area contributed by atoms with Crippen LogP contribution in [0.1, 0.15) is 17.5 Å². The number of rotatable bonds is 10. The number of benzene rings is 2. The molecule has 0 saturated carbocycles. The molecule has 0 aliphatic rings. The zero-order valence-corrected chi connectivity index (χ0v) is 18.6. The molecule has 8 nitrogen and oxygen atoms in total. The average molecular weight is 444 g/mol. The fourth-order valence-electron chi connectivity index (χ4n) is 3.01. The summed E-state index contributed by atoms with van der Waals surface area (Å²) in [6, 6.07) is 14.5. The molecule has 0 aliphatic carbocycles. The molecule has 0 atom stereocenters. The first-order valence-electron chi connectivity index (χ1n) is 9.63. The minimum absolute atomic E-state index is 0.130. The van der Waals surface area contributed by atoms with Gasteiger partial charge < -0.3 is 23.6 Å². The molecular weight excluding hydrogens is 419 g/mol. The molecule has 164 valence electrons. The molecule has 0 bridgehead atoms. The Labute approximate surface area is 181 Å². The molecule has 0 fully saturated rings. The number of methoxy groups -OCH3 is 1. The first-order valence-corrected chi connectivity index (χ1v) is 11.4. The van der Waals surface area contributed by atoms with Gasteiger partial charge in [-0.1, -0.05) is 17.3 Å². The van der Waals surface area contributed by atoms with Crippen molar-refractivity contribution in [2.45, 2.75) is 19.0 Å². The Morgan fingerprint density at radius 3 is 2.32 bits per heavy atom. The number of hydrogen-bond acceptors (Lipinski definition) is 7. The van der Waals surface area contributed by atoms with Crippen LogP contribution in [0.4, 0.5) is 5.69 Å². The number of aromatic nitrogens is 1. The van der Waals surface area contributed by atoms with Crippen LogP contribution in [0.15, 0.2) is 59.3 Å². The summed E-state index contributed by atoms with van der Waals surface area (Å²) in [6.07, 6.45) is 2.55. The van der Waals surface area contributed by atoms with Crippen molar-refractivity contribution in [3.63, 3.8) is 0 Å². The molecule has 1 N–H and O–H groups in total. The molecule has 1 aromatic heterocycles. The zero-order valence-electron chi connectivity index (χ0n) is 17.7. The van der Waals surface area contributed by atoms with Crippen LogP contribution < -0.4 is 10.1 Å². The van der Waals surface area contributed by atoms with E-state index in [4.69, 9.17) is 18.3 Å². The maximum Gasteiger partial charge on any atom is 0.334 e. The van der Waals surface area contributed by atoms with Crippen molar-refractivity contribution in [1.82, 2.24) is 5.16 Å². The predicted octanol–water partition coefficient (Wildman–Crippen LogP) is 4.91. The van der Waals surface area contributed by atoms with Gasteiger partial charge in [0.15, 0.2) is 5.76 Å². The molecule has 0 saturated heterocycles. The molecule has 1 heterocycles. The maximum atomic E-state index is 12.4. The summed E-state index contributed by atoms with van der Waals surface area (Å²) in [5.41, 5.74) is 3.16. The van der Waals surface area contributed by atoms with Crippen LogP contribution in [0.25, 0.3) is 11.3 Å². The number of amides is 1. The summed E-state index contributed by atoms with van der Waals surface area (Å²) < 4.78 is 32.7. The van der Waals surface area contributed by atoms with Gasteiger partial charge in [0, 0.05) is 37.5 Å². The van der Waals surface area contributed by atoms with E-state index in [1.165, 1.54) is 14.2 Å². The lowest BCUT2D eigenvalue weighted by Crippen LogP contribution is -2.12. The van der Waals surface area contributed by atoms with E-state index in [0.717, 1.165) is 22.4 Å². The van der Waals surface area contributed by atoms with E-state index in [0.29, 0.717) is 17.9 Å². The summed E-state index contributed by atoms with van der Waals surface area (Å²) >= 11 is 0. The Hall–Kier alpha value is -2.93. The Morgan fingerprint density at radius 2 is 1.71 bits per heavy atom. The summed E-state index contributed by atoms with van der Waals surface area (Å²) in [5.74, 6) is 1.26. The van der Waals surface area contributed by atoms with Gasteiger partial charge in [0.2, 0.25) is 5.91 Å². The number of nitrogens with zero attached hydrogens (tertiary/aromatic N) is 1. The highest BCUT2D eigenvalue weighted by atomic mass is 31.2. The number of hydrogen-bond donors (Lipinski definition) is 1. The van der Waals surface area contributed by atoms with Crippen molar-refractivity contribution in [2.75, 3.05) is 26.6 Å². The number of nitrogens with one attached hydrogen (secondary N) is 1. The second-order valence-electron chi connectivity index (χ2n) is 6.79. The second kappa shape index (κ2) is 10.4. The lowest BCUT2D eigenvalue weighted by molar-refractivity contribution is -0.116. The van der Waals surface area contributed by atoms with Gasteiger partial charge in [-0.2, -0.15) is 0 Å². The Bertz CT molecular complexity index is 1040. The number of aryl methyl sites for hydroxylation is 1. The van der Waals surface area contributed by atoms with Crippen LogP contribution >= 0.6 is 7.60 Å². The summed E-state index contributed by atoms with van der Waals surface area (Å²) in [6.45, 7) is 0. The Kier molecular flexibility index (Phi) is 7.63. The third-order valence-corrected chi connectivity index (χ3v) is 6.65. The highest BCUT2D eigenvalue weighted by Gasteiger charge is 2.21. The predicted molar refractivity (Wildman–Crippen MR) is 117 cm³/mol. The van der Waals surface area contributed by atoms with E-state index in [-0.39, 0.29) is 18.5 Å². The van der Waals surface area contributed by atoms with Crippen LogP contribution in [0, 0.1) is 0 Å². The Balaban J connectivity index is 1.56. The van der Waals surface area contributed by atoms with Gasteiger partial charge >= 0.3 is 7.60 Å². The van der Waals surface area contributed by atoms with Gasteiger partial charge in [-0.15, -0.1) is 0 Å². The van der Waals surface area contributed by atoms with E-state index in [9.17, 15) is 9.36 Å². The summed E-state index contributed by atoms with van der Waals surface area (Å²) in [4.78, 5) is 12.4. The highest BCUT2D eigenvalue weighted by molar-refractivity contribution is 7.52. The normalized spacial score (nSPS) is 11.3. The van der Waals surface area contributed by atoms with E-state index in [1.807, 2.05) is 24.3 Å². The van der Waals surface area contributed by atoms with Crippen molar-refractivity contribution >= 4 is 19.2 Å². The van der Waals surface area contributed by atoms with Crippen molar-refractivity contribution in [3.05, 3.63) is 65.9 Å². The van der Waals surface area contributed by atoms with Gasteiger partial charge in [-0.05, 0) is 48.4 Å².